The summed E-state index contributed by atoms with van der Waals surface area (Å²) >= 11 is 0. The molecule has 4 aromatic carbocycles. The third-order valence-electron chi connectivity index (χ3n) is 5.54. The Morgan fingerprint density at radius 1 is 0.576 bits per heavy atom. The first-order chi connectivity index (χ1) is 16.0. The van der Waals surface area contributed by atoms with Crippen molar-refractivity contribution in [3.8, 4) is 28.0 Å². The molecule has 0 radical (unpaired) electrons. The number of halogens is 4. The minimum atomic E-state index is -1.06. The second-order valence-electron chi connectivity index (χ2n) is 7.64. The van der Waals surface area contributed by atoms with Crippen LogP contribution in [0.1, 0.15) is 18.1 Å². The molecule has 5 heteroatoms. The van der Waals surface area contributed by atoms with Crippen molar-refractivity contribution in [2.24, 2.45) is 0 Å². The lowest BCUT2D eigenvalue weighted by Crippen LogP contribution is -2.00. The van der Waals surface area contributed by atoms with Gasteiger partial charge in [-0.3, -0.25) is 0 Å². The van der Waals surface area contributed by atoms with Crippen LogP contribution < -0.4 is 4.74 Å². The van der Waals surface area contributed by atoms with Gasteiger partial charge in [0.1, 0.15) is 0 Å². The molecule has 1 nitrogen and oxygen atoms in total. The molecule has 0 aliphatic rings. The molecule has 0 N–H and O–H groups in total. The van der Waals surface area contributed by atoms with Gasteiger partial charge in [-0.25, -0.2) is 13.2 Å². The van der Waals surface area contributed by atoms with Crippen molar-refractivity contribution < 1.29 is 22.3 Å². The van der Waals surface area contributed by atoms with Crippen molar-refractivity contribution in [1.29, 1.82) is 0 Å². The fourth-order valence-corrected chi connectivity index (χ4v) is 3.78. The van der Waals surface area contributed by atoms with E-state index in [9.17, 15) is 17.6 Å². The average molecular weight is 450 g/mol. The summed E-state index contributed by atoms with van der Waals surface area (Å²) in [5.41, 5.74) is 2.39. The molecule has 0 aromatic heterocycles. The minimum absolute atomic E-state index is 0.0606. The monoisotopic (exact) mass is 450 g/mol. The van der Waals surface area contributed by atoms with E-state index in [-0.39, 0.29) is 23.5 Å². The molecule has 0 amide bonds. The molecule has 0 aliphatic carbocycles. The molecule has 0 saturated heterocycles. The zero-order chi connectivity index (χ0) is 23.4. The summed E-state index contributed by atoms with van der Waals surface area (Å²) in [6, 6.07) is 21.8. The van der Waals surface area contributed by atoms with Gasteiger partial charge in [0.05, 0.1) is 6.61 Å². The van der Waals surface area contributed by atoms with Crippen LogP contribution in [-0.2, 0) is 12.8 Å². The van der Waals surface area contributed by atoms with Gasteiger partial charge in [0.15, 0.2) is 23.2 Å². The second-order valence-corrected chi connectivity index (χ2v) is 7.64. The van der Waals surface area contributed by atoms with E-state index >= 15 is 0 Å². The highest BCUT2D eigenvalue weighted by atomic mass is 19.2. The number of rotatable bonds is 7. The maximum absolute atomic E-state index is 14.8. The maximum Gasteiger partial charge on any atom is 0.201 e. The van der Waals surface area contributed by atoms with Gasteiger partial charge in [-0.1, -0.05) is 66.7 Å². The smallest absolute Gasteiger partial charge is 0.201 e. The summed E-state index contributed by atoms with van der Waals surface area (Å²) in [6.45, 7) is 1.90. The van der Waals surface area contributed by atoms with Gasteiger partial charge in [0.2, 0.25) is 5.82 Å². The Hall–Kier alpha value is -3.60. The quantitative estimate of drug-likeness (QED) is 0.262. The topological polar surface area (TPSA) is 9.23 Å². The van der Waals surface area contributed by atoms with Gasteiger partial charge in [0, 0.05) is 11.1 Å². The summed E-state index contributed by atoms with van der Waals surface area (Å²) in [7, 11) is 0. The molecular formula is C28H22F4O. The van der Waals surface area contributed by atoms with Gasteiger partial charge in [-0.05, 0) is 54.2 Å². The highest BCUT2D eigenvalue weighted by Crippen LogP contribution is 2.33. The summed E-state index contributed by atoms with van der Waals surface area (Å²) in [6.07, 6.45) is 0.990. The van der Waals surface area contributed by atoms with Gasteiger partial charge in [0.25, 0.3) is 0 Å². The third kappa shape index (κ3) is 4.77. The van der Waals surface area contributed by atoms with E-state index < -0.39 is 23.3 Å². The predicted molar refractivity (Wildman–Crippen MR) is 122 cm³/mol. The van der Waals surface area contributed by atoms with Crippen molar-refractivity contribution >= 4 is 0 Å². The molecular weight excluding hydrogens is 428 g/mol. The van der Waals surface area contributed by atoms with Gasteiger partial charge in [-0.2, -0.15) is 4.39 Å². The zero-order valence-corrected chi connectivity index (χ0v) is 18.0. The number of hydrogen-bond acceptors (Lipinski definition) is 1. The normalized spacial score (nSPS) is 10.9. The summed E-state index contributed by atoms with van der Waals surface area (Å²) < 4.78 is 63.3. The number of ether oxygens (including phenoxy) is 1. The van der Waals surface area contributed by atoms with E-state index in [2.05, 4.69) is 0 Å². The highest BCUT2D eigenvalue weighted by Gasteiger charge is 2.17. The summed E-state index contributed by atoms with van der Waals surface area (Å²) in [4.78, 5) is 0. The van der Waals surface area contributed by atoms with Crippen LogP contribution in [0.25, 0.3) is 22.3 Å². The van der Waals surface area contributed by atoms with Crippen molar-refractivity contribution in [2.75, 3.05) is 6.61 Å². The number of hydrogen-bond donors (Lipinski definition) is 0. The Labute approximate surface area is 190 Å². The predicted octanol–water partition coefficient (Wildman–Crippen LogP) is 7.76. The van der Waals surface area contributed by atoms with Crippen LogP contribution in [0.2, 0.25) is 0 Å². The van der Waals surface area contributed by atoms with E-state index in [1.165, 1.54) is 12.1 Å². The summed E-state index contributed by atoms with van der Waals surface area (Å²) in [5.74, 6) is -4.02. The summed E-state index contributed by atoms with van der Waals surface area (Å²) in [5, 5.41) is 0. The first-order valence-electron chi connectivity index (χ1n) is 10.7. The number of aryl methyl sites for hydroxylation is 2. The fraction of sp³-hybridized carbons (Fsp3) is 0.143. The molecule has 0 heterocycles. The third-order valence-corrected chi connectivity index (χ3v) is 5.54. The van der Waals surface area contributed by atoms with Crippen molar-refractivity contribution in [3.05, 3.63) is 113 Å². The Bertz CT molecular complexity index is 1250. The van der Waals surface area contributed by atoms with Crippen LogP contribution >= 0.6 is 0 Å². The lowest BCUT2D eigenvalue weighted by Gasteiger charge is -2.11. The molecule has 0 bridgehead atoms. The van der Waals surface area contributed by atoms with E-state index in [0.717, 1.165) is 5.56 Å². The van der Waals surface area contributed by atoms with Gasteiger partial charge >= 0.3 is 0 Å². The van der Waals surface area contributed by atoms with E-state index in [1.807, 2.05) is 30.3 Å². The Morgan fingerprint density at radius 2 is 1.15 bits per heavy atom. The molecule has 4 rings (SSSR count). The Kier molecular flexibility index (Phi) is 6.78. The lowest BCUT2D eigenvalue weighted by atomic mass is 9.97. The Morgan fingerprint density at radius 3 is 1.76 bits per heavy atom. The molecule has 0 aliphatic heterocycles. The standard InChI is InChI=1S/C28H22F4O/c1-2-33-24-17-16-23(27(31)28(24)32)20-12-10-19(11-13-20)22-15-14-21(25(29)26(22)30)9-8-18-6-4-3-5-7-18/h3-7,10-17H,2,8-9H2,1H3. The minimum Gasteiger partial charge on any atom is -0.491 e. The molecule has 168 valence electrons. The van der Waals surface area contributed by atoms with Gasteiger partial charge < -0.3 is 4.74 Å². The van der Waals surface area contributed by atoms with Crippen LogP contribution in [0.3, 0.4) is 0 Å². The second kappa shape index (κ2) is 9.90. The SMILES string of the molecule is CCOc1ccc(-c2ccc(-c3ccc(CCc4ccccc4)c(F)c3F)cc2)c(F)c1F. The van der Waals surface area contributed by atoms with Crippen molar-refractivity contribution in [1.82, 2.24) is 0 Å². The Balaban J connectivity index is 1.57. The first kappa shape index (κ1) is 22.6. The van der Waals surface area contributed by atoms with Crippen LogP contribution in [0.15, 0.2) is 78.9 Å². The largest absolute Gasteiger partial charge is 0.491 e. The fourth-order valence-electron chi connectivity index (χ4n) is 3.78. The van der Waals surface area contributed by atoms with E-state index in [0.29, 0.717) is 29.5 Å². The molecule has 0 unspecified atom stereocenters. The van der Waals surface area contributed by atoms with Crippen LogP contribution in [0, 0.1) is 23.3 Å². The molecule has 4 aromatic rings. The molecule has 0 saturated carbocycles. The molecule has 0 fully saturated rings. The van der Waals surface area contributed by atoms with Crippen LogP contribution in [0.5, 0.6) is 5.75 Å². The lowest BCUT2D eigenvalue weighted by molar-refractivity contribution is 0.314. The first-order valence-corrected chi connectivity index (χ1v) is 10.7. The molecule has 33 heavy (non-hydrogen) atoms. The molecule has 0 atom stereocenters. The maximum atomic E-state index is 14.8. The number of benzene rings is 4. The highest BCUT2D eigenvalue weighted by molar-refractivity contribution is 5.71. The van der Waals surface area contributed by atoms with Crippen molar-refractivity contribution in [3.63, 3.8) is 0 Å². The van der Waals surface area contributed by atoms with Crippen LogP contribution in [0.4, 0.5) is 17.6 Å². The van der Waals surface area contributed by atoms with Crippen LogP contribution in [-0.4, -0.2) is 6.61 Å². The molecule has 0 spiro atoms. The van der Waals surface area contributed by atoms with Crippen molar-refractivity contribution in [2.45, 2.75) is 19.8 Å². The zero-order valence-electron chi connectivity index (χ0n) is 18.0. The van der Waals surface area contributed by atoms with E-state index in [1.54, 1.807) is 43.3 Å². The average Bonchev–Trinajstić information content (AvgIpc) is 2.84. The van der Waals surface area contributed by atoms with Gasteiger partial charge in [-0.15, -0.1) is 0 Å². The van der Waals surface area contributed by atoms with E-state index in [4.69, 9.17) is 4.74 Å².